The van der Waals surface area contributed by atoms with Crippen LogP contribution in [0.5, 0.6) is 0 Å². The monoisotopic (exact) mass is 438 g/mol. The quantitative estimate of drug-likeness (QED) is 0.742. The van der Waals surface area contributed by atoms with Crippen LogP contribution >= 0.6 is 0 Å². The Labute approximate surface area is 183 Å². The second-order valence-corrected chi connectivity index (χ2v) is 10.2. The lowest BCUT2D eigenvalue weighted by atomic mass is 9.74. The molecule has 2 aliphatic rings. The van der Waals surface area contributed by atoms with Gasteiger partial charge in [-0.2, -0.15) is 4.31 Å². The van der Waals surface area contributed by atoms with Crippen molar-refractivity contribution in [1.29, 1.82) is 0 Å². The summed E-state index contributed by atoms with van der Waals surface area (Å²) in [5.41, 5.74) is 1.88. The standard InChI is InChI=1S/C24H26N2O4S/c1-17(2)8-9-18-10-12-19(13-11-18)24-21-14-25(15-23(28)26(21)22(24)16-27)31(29,30)20-6-4-3-5-7-20/h3-7,10-13,17,21-22,24,27H,14-16H2,1-2H3/t21-,22+,24-/m1/s1. The Balaban J connectivity index is 1.60. The predicted molar refractivity (Wildman–Crippen MR) is 118 cm³/mol. The molecule has 2 fully saturated rings. The number of piperazine rings is 1. The summed E-state index contributed by atoms with van der Waals surface area (Å²) >= 11 is 0. The molecule has 0 unspecified atom stereocenters. The normalized spacial score (nSPS) is 23.7. The molecule has 0 radical (unpaired) electrons. The number of rotatable bonds is 4. The van der Waals surface area contributed by atoms with E-state index in [9.17, 15) is 18.3 Å². The van der Waals surface area contributed by atoms with Crippen LogP contribution < -0.4 is 0 Å². The predicted octanol–water partition coefficient (Wildman–Crippen LogP) is 2.05. The van der Waals surface area contributed by atoms with Crippen LogP contribution in [0.2, 0.25) is 0 Å². The topological polar surface area (TPSA) is 77.9 Å². The number of sulfonamides is 1. The maximum Gasteiger partial charge on any atom is 0.243 e. The van der Waals surface area contributed by atoms with Gasteiger partial charge in [-0.05, 0) is 29.8 Å². The third-order valence-corrected chi connectivity index (χ3v) is 7.73. The highest BCUT2D eigenvalue weighted by Crippen LogP contribution is 2.43. The fourth-order valence-electron chi connectivity index (χ4n) is 4.41. The Bertz CT molecular complexity index is 1120. The second kappa shape index (κ2) is 8.46. The fraction of sp³-hybridized carbons (Fsp3) is 0.375. The summed E-state index contributed by atoms with van der Waals surface area (Å²) in [7, 11) is -3.76. The Kier molecular flexibility index (Phi) is 5.89. The number of hydrogen-bond donors (Lipinski definition) is 1. The van der Waals surface area contributed by atoms with Gasteiger partial charge in [0.25, 0.3) is 0 Å². The van der Waals surface area contributed by atoms with Gasteiger partial charge in [-0.3, -0.25) is 4.79 Å². The van der Waals surface area contributed by atoms with Gasteiger partial charge in [-0.15, -0.1) is 0 Å². The Hall–Kier alpha value is -2.66. The van der Waals surface area contributed by atoms with E-state index in [4.69, 9.17) is 0 Å². The molecule has 2 heterocycles. The van der Waals surface area contributed by atoms with Crippen molar-refractivity contribution in [3.8, 4) is 11.8 Å². The number of fused-ring (bicyclic) bond motifs is 1. The van der Waals surface area contributed by atoms with Crippen LogP contribution in [0.15, 0.2) is 59.5 Å². The molecule has 0 aromatic heterocycles. The molecule has 2 aromatic carbocycles. The van der Waals surface area contributed by atoms with E-state index in [1.807, 2.05) is 38.1 Å². The Morgan fingerprint density at radius 1 is 1.10 bits per heavy atom. The lowest BCUT2D eigenvalue weighted by molar-refractivity contribution is -0.158. The van der Waals surface area contributed by atoms with Crippen molar-refractivity contribution < 1.29 is 18.3 Å². The zero-order valence-corrected chi connectivity index (χ0v) is 18.4. The van der Waals surface area contributed by atoms with Crippen molar-refractivity contribution in [1.82, 2.24) is 9.21 Å². The Morgan fingerprint density at radius 3 is 2.39 bits per heavy atom. The van der Waals surface area contributed by atoms with Crippen LogP contribution in [0.3, 0.4) is 0 Å². The first-order chi connectivity index (χ1) is 14.8. The third kappa shape index (κ3) is 3.99. The third-order valence-electron chi connectivity index (χ3n) is 5.90. The summed E-state index contributed by atoms with van der Waals surface area (Å²) in [5, 5.41) is 9.93. The largest absolute Gasteiger partial charge is 0.394 e. The molecule has 162 valence electrons. The summed E-state index contributed by atoms with van der Waals surface area (Å²) in [4.78, 5) is 14.6. The molecule has 7 heteroatoms. The molecule has 1 amide bonds. The van der Waals surface area contributed by atoms with Gasteiger partial charge < -0.3 is 10.0 Å². The minimum Gasteiger partial charge on any atom is -0.394 e. The molecule has 4 rings (SSSR count). The van der Waals surface area contributed by atoms with Gasteiger partial charge in [-0.25, -0.2) is 8.42 Å². The average Bonchev–Trinajstić information content (AvgIpc) is 2.75. The minimum atomic E-state index is -3.76. The van der Waals surface area contributed by atoms with Gasteiger partial charge in [0.2, 0.25) is 15.9 Å². The number of carbonyl (C=O) groups excluding carboxylic acids is 1. The second-order valence-electron chi connectivity index (χ2n) is 8.30. The number of nitrogens with zero attached hydrogens (tertiary/aromatic N) is 2. The van der Waals surface area contributed by atoms with E-state index in [1.54, 1.807) is 23.1 Å². The summed E-state index contributed by atoms with van der Waals surface area (Å²) in [5.74, 6) is 6.14. The lowest BCUT2D eigenvalue weighted by Crippen LogP contribution is -2.73. The first-order valence-corrected chi connectivity index (χ1v) is 11.9. The van der Waals surface area contributed by atoms with Gasteiger partial charge in [0.05, 0.1) is 30.1 Å². The molecule has 1 N–H and O–H groups in total. The van der Waals surface area contributed by atoms with Gasteiger partial charge in [0, 0.05) is 23.9 Å². The molecule has 2 aromatic rings. The van der Waals surface area contributed by atoms with Crippen LogP contribution in [0.1, 0.15) is 30.9 Å². The molecule has 0 spiro atoms. The van der Waals surface area contributed by atoms with Gasteiger partial charge in [0.1, 0.15) is 0 Å². The highest BCUT2D eigenvalue weighted by atomic mass is 32.2. The highest BCUT2D eigenvalue weighted by Gasteiger charge is 2.55. The minimum absolute atomic E-state index is 0.130. The molecule has 0 aliphatic carbocycles. The van der Waals surface area contributed by atoms with Crippen molar-refractivity contribution in [2.45, 2.75) is 36.7 Å². The van der Waals surface area contributed by atoms with Crippen LogP contribution in [0.4, 0.5) is 0 Å². The average molecular weight is 439 g/mol. The number of carbonyl (C=O) groups is 1. The SMILES string of the molecule is CC(C)C#Cc1ccc([C@@H]2[C@H]3CN(S(=O)(=O)c4ccccc4)CC(=O)N3[C@H]2CO)cc1. The van der Waals surface area contributed by atoms with Gasteiger partial charge in [-0.1, -0.05) is 56.0 Å². The molecule has 2 saturated heterocycles. The molecule has 31 heavy (non-hydrogen) atoms. The van der Waals surface area contributed by atoms with E-state index in [1.165, 1.54) is 16.4 Å². The van der Waals surface area contributed by atoms with E-state index >= 15 is 0 Å². The molecule has 0 bridgehead atoms. The zero-order chi connectivity index (χ0) is 22.2. The van der Waals surface area contributed by atoms with Gasteiger partial charge in [0.15, 0.2) is 0 Å². The number of amides is 1. The lowest BCUT2D eigenvalue weighted by Gasteiger charge is -2.58. The summed E-state index contributed by atoms with van der Waals surface area (Å²) < 4.78 is 27.4. The van der Waals surface area contributed by atoms with E-state index in [0.717, 1.165) is 11.1 Å². The molecule has 3 atom stereocenters. The zero-order valence-electron chi connectivity index (χ0n) is 17.6. The molecular weight excluding hydrogens is 412 g/mol. The van der Waals surface area contributed by atoms with E-state index in [-0.39, 0.29) is 54.4 Å². The first-order valence-electron chi connectivity index (χ1n) is 10.4. The van der Waals surface area contributed by atoms with Crippen LogP contribution in [-0.2, 0) is 14.8 Å². The number of benzene rings is 2. The number of aliphatic hydroxyl groups is 1. The number of aliphatic hydroxyl groups excluding tert-OH is 1. The van der Waals surface area contributed by atoms with Crippen molar-refractivity contribution in [2.75, 3.05) is 19.7 Å². The van der Waals surface area contributed by atoms with E-state index < -0.39 is 10.0 Å². The Morgan fingerprint density at radius 2 is 1.77 bits per heavy atom. The summed E-state index contributed by atoms with van der Waals surface area (Å²) in [6, 6.07) is 15.3. The van der Waals surface area contributed by atoms with Crippen LogP contribution in [0, 0.1) is 17.8 Å². The van der Waals surface area contributed by atoms with Crippen molar-refractivity contribution in [2.24, 2.45) is 5.92 Å². The van der Waals surface area contributed by atoms with E-state index in [2.05, 4.69) is 11.8 Å². The molecular formula is C24H26N2O4S. The summed E-state index contributed by atoms with van der Waals surface area (Å²) in [6.45, 7) is 3.91. The first kappa shape index (κ1) is 21.6. The summed E-state index contributed by atoms with van der Waals surface area (Å²) in [6.07, 6.45) is 0. The van der Waals surface area contributed by atoms with Gasteiger partial charge >= 0.3 is 0 Å². The molecule has 6 nitrogen and oxygen atoms in total. The van der Waals surface area contributed by atoms with Crippen LogP contribution in [0.25, 0.3) is 0 Å². The van der Waals surface area contributed by atoms with Crippen LogP contribution in [-0.4, -0.2) is 60.4 Å². The fourth-order valence-corrected chi connectivity index (χ4v) is 5.84. The van der Waals surface area contributed by atoms with E-state index in [0.29, 0.717) is 0 Å². The number of hydrogen-bond acceptors (Lipinski definition) is 4. The molecule has 0 saturated carbocycles. The van der Waals surface area contributed by atoms with Crippen molar-refractivity contribution >= 4 is 15.9 Å². The molecule has 2 aliphatic heterocycles. The highest BCUT2D eigenvalue weighted by molar-refractivity contribution is 7.89. The van der Waals surface area contributed by atoms with Crippen molar-refractivity contribution in [3.63, 3.8) is 0 Å². The maximum atomic E-state index is 13.1. The maximum absolute atomic E-state index is 13.1. The van der Waals surface area contributed by atoms with Crippen molar-refractivity contribution in [3.05, 3.63) is 65.7 Å². The smallest absolute Gasteiger partial charge is 0.243 e.